The minimum Gasteiger partial charge on any atom is -0.395 e. The lowest BCUT2D eigenvalue weighted by Crippen LogP contribution is -2.40. The van der Waals surface area contributed by atoms with Crippen LogP contribution in [0.5, 0.6) is 0 Å². The number of rotatable bonds is 5. The number of β-amino-alcohol motifs (C(OH)–C–C–N with tert-alkyl or cyclic N) is 1. The quantitative estimate of drug-likeness (QED) is 0.604. The number of amides is 4. The Morgan fingerprint density at radius 3 is 2.87 bits per heavy atom. The van der Waals surface area contributed by atoms with Crippen LogP contribution in [-0.4, -0.2) is 41.3 Å². The van der Waals surface area contributed by atoms with E-state index < -0.39 is 0 Å². The normalized spacial score (nSPS) is 20.5. The van der Waals surface area contributed by atoms with Gasteiger partial charge in [0.15, 0.2) is 0 Å². The van der Waals surface area contributed by atoms with Gasteiger partial charge in [0.2, 0.25) is 0 Å². The summed E-state index contributed by atoms with van der Waals surface area (Å²) in [7, 11) is 0. The second-order valence-electron chi connectivity index (χ2n) is 7.77. The molecule has 2 aromatic rings. The molecule has 2 atom stereocenters. The predicted octanol–water partition coefficient (Wildman–Crippen LogP) is 3.62. The van der Waals surface area contributed by atoms with Gasteiger partial charge < -0.3 is 26.0 Å². The van der Waals surface area contributed by atoms with Gasteiger partial charge in [0.05, 0.1) is 6.61 Å². The number of carbonyl (C=O) groups excluding carboxylic acids is 2. The average molecular weight is 412 g/mol. The number of halogens is 1. The number of nitrogens with zero attached hydrogens (tertiary/aromatic N) is 1. The van der Waals surface area contributed by atoms with Crippen LogP contribution in [0.3, 0.4) is 0 Å². The van der Waals surface area contributed by atoms with Crippen molar-refractivity contribution in [1.29, 1.82) is 0 Å². The predicted molar refractivity (Wildman–Crippen MR) is 112 cm³/mol. The highest BCUT2D eigenvalue weighted by Crippen LogP contribution is 2.35. The number of benzene rings is 2. The van der Waals surface area contributed by atoms with Crippen molar-refractivity contribution in [3.8, 4) is 0 Å². The van der Waals surface area contributed by atoms with Gasteiger partial charge in [-0.3, -0.25) is 0 Å². The Balaban J connectivity index is 1.33. The molecule has 4 N–H and O–H groups in total. The number of carbonyl (C=O) groups is 2. The van der Waals surface area contributed by atoms with Gasteiger partial charge in [-0.2, -0.15) is 0 Å². The summed E-state index contributed by atoms with van der Waals surface area (Å²) in [6, 6.07) is 11.5. The first-order valence-electron chi connectivity index (χ1n) is 10.1. The van der Waals surface area contributed by atoms with Crippen LogP contribution in [0, 0.1) is 5.82 Å². The Morgan fingerprint density at radius 2 is 2.07 bits per heavy atom. The molecule has 0 radical (unpaired) electrons. The van der Waals surface area contributed by atoms with Crippen LogP contribution in [-0.2, 0) is 6.54 Å². The van der Waals surface area contributed by atoms with E-state index in [1.165, 1.54) is 11.0 Å². The van der Waals surface area contributed by atoms with E-state index >= 15 is 0 Å². The third-order valence-electron chi connectivity index (χ3n) is 5.74. The van der Waals surface area contributed by atoms with Crippen LogP contribution >= 0.6 is 0 Å². The van der Waals surface area contributed by atoms with Gasteiger partial charge in [-0.05, 0) is 54.5 Å². The fourth-order valence-corrected chi connectivity index (χ4v) is 4.24. The first kappa shape index (κ1) is 20.2. The van der Waals surface area contributed by atoms with E-state index in [4.69, 9.17) is 5.11 Å². The van der Waals surface area contributed by atoms with Crippen molar-refractivity contribution >= 4 is 23.4 Å². The first-order valence-corrected chi connectivity index (χ1v) is 10.1. The molecule has 7 nitrogen and oxygen atoms in total. The Bertz CT molecular complexity index is 952. The molecule has 4 amide bonds. The third-order valence-corrected chi connectivity index (χ3v) is 5.74. The molecular weight excluding hydrogens is 387 g/mol. The van der Waals surface area contributed by atoms with E-state index in [0.29, 0.717) is 29.9 Å². The Labute approximate surface area is 174 Å². The van der Waals surface area contributed by atoms with Gasteiger partial charge in [0.25, 0.3) is 0 Å². The van der Waals surface area contributed by atoms with Crippen molar-refractivity contribution in [3.63, 3.8) is 0 Å². The summed E-state index contributed by atoms with van der Waals surface area (Å²) in [4.78, 5) is 26.0. The monoisotopic (exact) mass is 412 g/mol. The number of hydrogen-bond donors (Lipinski definition) is 4. The highest BCUT2D eigenvalue weighted by Gasteiger charge is 2.28. The maximum Gasteiger partial charge on any atom is 0.322 e. The van der Waals surface area contributed by atoms with Crippen LogP contribution in [0.15, 0.2) is 42.5 Å². The molecule has 2 aromatic carbocycles. The highest BCUT2D eigenvalue weighted by atomic mass is 19.1. The minimum absolute atomic E-state index is 0.0148. The topological polar surface area (TPSA) is 93.7 Å². The van der Waals surface area contributed by atoms with Gasteiger partial charge in [-0.25, -0.2) is 14.0 Å². The molecule has 30 heavy (non-hydrogen) atoms. The van der Waals surface area contributed by atoms with Crippen LogP contribution in [0.25, 0.3) is 0 Å². The van der Waals surface area contributed by atoms with E-state index in [1.54, 1.807) is 18.2 Å². The van der Waals surface area contributed by atoms with Crippen LogP contribution in [0.2, 0.25) is 0 Å². The smallest absolute Gasteiger partial charge is 0.322 e. The van der Waals surface area contributed by atoms with Gasteiger partial charge in [-0.1, -0.05) is 24.3 Å². The molecule has 1 heterocycles. The maximum absolute atomic E-state index is 14.0. The van der Waals surface area contributed by atoms with E-state index in [9.17, 15) is 14.0 Å². The summed E-state index contributed by atoms with van der Waals surface area (Å²) < 4.78 is 14.0. The molecule has 4 rings (SSSR count). The zero-order chi connectivity index (χ0) is 21.1. The lowest BCUT2D eigenvalue weighted by molar-refractivity contribution is 0.183. The SMILES string of the molecule is O=C(Nc1ccc2c(c1)NC(=O)N(CCO)C2)N[C@H]1CC[C@@H](c2ccccc2F)C1. The Hall–Kier alpha value is -3.13. The van der Waals surface area contributed by atoms with Crippen molar-refractivity contribution in [3.05, 3.63) is 59.4 Å². The van der Waals surface area contributed by atoms with Crippen molar-refractivity contribution in [2.45, 2.75) is 37.8 Å². The first-order chi connectivity index (χ1) is 14.5. The zero-order valence-corrected chi connectivity index (χ0v) is 16.5. The largest absolute Gasteiger partial charge is 0.395 e. The lowest BCUT2D eigenvalue weighted by Gasteiger charge is -2.29. The zero-order valence-electron chi connectivity index (χ0n) is 16.5. The molecule has 0 saturated heterocycles. The molecule has 8 heteroatoms. The average Bonchev–Trinajstić information content (AvgIpc) is 3.17. The van der Waals surface area contributed by atoms with Gasteiger partial charge in [-0.15, -0.1) is 0 Å². The molecule has 0 aromatic heterocycles. The molecule has 2 aliphatic rings. The van der Waals surface area contributed by atoms with Crippen molar-refractivity contribution in [2.75, 3.05) is 23.8 Å². The maximum atomic E-state index is 14.0. The molecule has 158 valence electrons. The Morgan fingerprint density at radius 1 is 1.23 bits per heavy atom. The summed E-state index contributed by atoms with van der Waals surface area (Å²) in [6.45, 7) is 0.582. The standard InChI is InChI=1S/C22H25FN4O3/c23-19-4-2-1-3-18(19)14-5-7-16(11-14)24-21(29)25-17-8-6-15-13-27(9-10-28)22(30)26-20(15)12-17/h1-4,6,8,12,14,16,28H,5,7,9-11,13H2,(H,26,30)(H2,24,25,29)/t14-,16+/m1/s1. The van der Waals surface area contributed by atoms with Gasteiger partial charge >= 0.3 is 12.1 Å². The summed E-state index contributed by atoms with van der Waals surface area (Å²) in [5.74, 6) is -0.0846. The van der Waals surface area contributed by atoms with Crippen LogP contribution in [0.4, 0.5) is 25.4 Å². The fourth-order valence-electron chi connectivity index (χ4n) is 4.24. The molecule has 1 saturated carbocycles. The van der Waals surface area contributed by atoms with Crippen molar-refractivity contribution in [2.24, 2.45) is 0 Å². The van der Waals surface area contributed by atoms with E-state index in [1.807, 2.05) is 18.2 Å². The molecular formula is C22H25FN4O3. The number of hydrogen-bond acceptors (Lipinski definition) is 3. The number of urea groups is 2. The van der Waals surface area contributed by atoms with E-state index in [0.717, 1.165) is 18.4 Å². The van der Waals surface area contributed by atoms with Gasteiger partial charge in [0, 0.05) is 30.5 Å². The third kappa shape index (κ3) is 4.38. The fraction of sp³-hybridized carbons (Fsp3) is 0.364. The van der Waals surface area contributed by atoms with Crippen LogP contribution < -0.4 is 16.0 Å². The summed E-state index contributed by atoms with van der Waals surface area (Å²) >= 11 is 0. The molecule has 0 bridgehead atoms. The number of anilines is 2. The molecule has 1 fully saturated rings. The second-order valence-corrected chi connectivity index (χ2v) is 7.77. The molecule has 1 aliphatic carbocycles. The highest BCUT2D eigenvalue weighted by molar-refractivity contribution is 5.95. The summed E-state index contributed by atoms with van der Waals surface area (Å²) in [6.07, 6.45) is 2.34. The Kier molecular flexibility index (Phi) is 5.85. The number of aliphatic hydroxyl groups excluding tert-OH is 1. The number of nitrogens with one attached hydrogen (secondary N) is 3. The summed E-state index contributed by atoms with van der Waals surface area (Å²) in [5, 5.41) is 17.6. The summed E-state index contributed by atoms with van der Waals surface area (Å²) in [5.41, 5.74) is 2.85. The second kappa shape index (κ2) is 8.71. The molecule has 0 spiro atoms. The number of aliphatic hydroxyl groups is 1. The van der Waals surface area contributed by atoms with Crippen molar-refractivity contribution < 1.29 is 19.1 Å². The molecule has 0 unspecified atom stereocenters. The minimum atomic E-state index is -0.321. The van der Waals surface area contributed by atoms with Crippen molar-refractivity contribution in [1.82, 2.24) is 10.2 Å². The van der Waals surface area contributed by atoms with E-state index in [2.05, 4.69) is 16.0 Å². The lowest BCUT2D eigenvalue weighted by atomic mass is 9.97. The van der Waals surface area contributed by atoms with Crippen LogP contribution in [0.1, 0.15) is 36.3 Å². The van der Waals surface area contributed by atoms with Gasteiger partial charge in [0.1, 0.15) is 5.82 Å². The number of fused-ring (bicyclic) bond motifs is 1. The van der Waals surface area contributed by atoms with E-state index in [-0.39, 0.29) is 43.0 Å². The molecule has 1 aliphatic heterocycles.